The first kappa shape index (κ1) is 21.6. The second-order valence-corrected chi connectivity index (χ2v) is 7.77. The molecule has 0 aliphatic carbocycles. The zero-order chi connectivity index (χ0) is 20.7. The van der Waals surface area contributed by atoms with Gasteiger partial charge >= 0.3 is 0 Å². The van der Waals surface area contributed by atoms with Gasteiger partial charge in [-0.15, -0.1) is 0 Å². The SMILES string of the molecule is CC(C)N(Cc1ccccc1)C(=O)C(C)(C)C(=O)NCCc1ccc(F)cc1. The molecule has 0 radical (unpaired) electrons. The molecule has 0 atom stereocenters. The Kier molecular flexibility index (Phi) is 7.32. The highest BCUT2D eigenvalue weighted by molar-refractivity contribution is 6.04. The zero-order valence-corrected chi connectivity index (χ0v) is 17.0. The van der Waals surface area contributed by atoms with Gasteiger partial charge in [0.05, 0.1) is 0 Å². The Labute approximate surface area is 166 Å². The lowest BCUT2D eigenvalue weighted by molar-refractivity contribution is -0.150. The Morgan fingerprint density at radius 1 is 1.00 bits per heavy atom. The third kappa shape index (κ3) is 5.65. The van der Waals surface area contributed by atoms with Crippen molar-refractivity contribution in [3.8, 4) is 0 Å². The van der Waals surface area contributed by atoms with E-state index in [-0.39, 0.29) is 23.7 Å². The van der Waals surface area contributed by atoms with E-state index < -0.39 is 5.41 Å². The van der Waals surface area contributed by atoms with Crippen LogP contribution in [-0.2, 0) is 22.6 Å². The maximum absolute atomic E-state index is 13.1. The summed E-state index contributed by atoms with van der Waals surface area (Å²) in [4.78, 5) is 27.6. The van der Waals surface area contributed by atoms with Gasteiger partial charge in [0.15, 0.2) is 0 Å². The van der Waals surface area contributed by atoms with Gasteiger partial charge in [0, 0.05) is 19.1 Å². The fraction of sp³-hybridized carbons (Fsp3) is 0.391. The first-order valence-electron chi connectivity index (χ1n) is 9.59. The summed E-state index contributed by atoms with van der Waals surface area (Å²) in [6.07, 6.45) is 0.578. The Bertz CT molecular complexity index is 786. The summed E-state index contributed by atoms with van der Waals surface area (Å²) in [7, 11) is 0. The number of benzene rings is 2. The first-order chi connectivity index (χ1) is 13.2. The van der Waals surface area contributed by atoms with Crippen molar-refractivity contribution in [2.45, 2.75) is 46.7 Å². The molecule has 0 aliphatic heterocycles. The number of amides is 2. The van der Waals surface area contributed by atoms with Crippen molar-refractivity contribution in [2.24, 2.45) is 5.41 Å². The molecule has 2 rings (SSSR count). The third-order valence-corrected chi connectivity index (χ3v) is 4.79. The standard InChI is InChI=1S/C23H29FN2O2/c1-17(2)26(16-19-8-6-5-7-9-19)22(28)23(3,4)21(27)25-15-14-18-10-12-20(24)13-11-18/h5-13,17H,14-16H2,1-4H3,(H,25,27). The van der Waals surface area contributed by atoms with Crippen LogP contribution in [0.3, 0.4) is 0 Å². The van der Waals surface area contributed by atoms with E-state index in [1.54, 1.807) is 30.9 Å². The molecule has 2 amide bonds. The number of halogens is 1. The lowest BCUT2D eigenvalue weighted by Gasteiger charge is -2.34. The van der Waals surface area contributed by atoms with Gasteiger partial charge in [0.25, 0.3) is 0 Å². The molecule has 0 unspecified atom stereocenters. The second kappa shape index (κ2) is 9.49. The molecule has 5 heteroatoms. The lowest BCUT2D eigenvalue weighted by Crippen LogP contribution is -2.51. The Balaban J connectivity index is 1.99. The minimum Gasteiger partial charge on any atom is -0.355 e. The van der Waals surface area contributed by atoms with Crippen LogP contribution in [0.5, 0.6) is 0 Å². The van der Waals surface area contributed by atoms with Gasteiger partial charge in [-0.25, -0.2) is 4.39 Å². The highest BCUT2D eigenvalue weighted by atomic mass is 19.1. The summed E-state index contributed by atoms with van der Waals surface area (Å²) in [6.45, 7) is 8.06. The molecule has 1 N–H and O–H groups in total. The third-order valence-electron chi connectivity index (χ3n) is 4.79. The molecule has 0 saturated heterocycles. The number of hydrogen-bond acceptors (Lipinski definition) is 2. The van der Waals surface area contributed by atoms with Crippen LogP contribution < -0.4 is 5.32 Å². The van der Waals surface area contributed by atoms with Gasteiger partial charge in [-0.1, -0.05) is 42.5 Å². The summed E-state index contributed by atoms with van der Waals surface area (Å²) < 4.78 is 13.0. The minimum absolute atomic E-state index is 0.0287. The maximum atomic E-state index is 13.1. The van der Waals surface area contributed by atoms with Crippen molar-refractivity contribution in [2.75, 3.05) is 6.54 Å². The first-order valence-corrected chi connectivity index (χ1v) is 9.59. The van der Waals surface area contributed by atoms with E-state index in [0.29, 0.717) is 19.5 Å². The molecule has 0 fully saturated rings. The fourth-order valence-electron chi connectivity index (χ4n) is 2.92. The summed E-state index contributed by atoms with van der Waals surface area (Å²) in [5.74, 6) is -0.796. The fourth-order valence-corrected chi connectivity index (χ4v) is 2.92. The smallest absolute Gasteiger partial charge is 0.238 e. The predicted octanol–water partition coefficient (Wildman–Crippen LogP) is 3.95. The number of carbonyl (C=O) groups is 2. The van der Waals surface area contributed by atoms with Gasteiger partial charge in [0.2, 0.25) is 11.8 Å². The molecular weight excluding hydrogens is 355 g/mol. The molecule has 0 spiro atoms. The van der Waals surface area contributed by atoms with Crippen LogP contribution in [0.2, 0.25) is 0 Å². The summed E-state index contributed by atoms with van der Waals surface area (Å²) >= 11 is 0. The molecule has 0 aliphatic rings. The molecule has 0 heterocycles. The van der Waals surface area contributed by atoms with Gasteiger partial charge in [0.1, 0.15) is 11.2 Å². The van der Waals surface area contributed by atoms with E-state index >= 15 is 0 Å². The topological polar surface area (TPSA) is 49.4 Å². The van der Waals surface area contributed by atoms with Crippen LogP contribution >= 0.6 is 0 Å². The van der Waals surface area contributed by atoms with E-state index in [4.69, 9.17) is 0 Å². The van der Waals surface area contributed by atoms with E-state index in [1.165, 1.54) is 12.1 Å². The average molecular weight is 384 g/mol. The van der Waals surface area contributed by atoms with Crippen molar-refractivity contribution in [3.05, 3.63) is 71.5 Å². The number of carbonyl (C=O) groups excluding carboxylic acids is 2. The van der Waals surface area contributed by atoms with Crippen molar-refractivity contribution in [3.63, 3.8) is 0 Å². The van der Waals surface area contributed by atoms with E-state index in [1.807, 2.05) is 44.2 Å². The summed E-state index contributed by atoms with van der Waals surface area (Å²) in [6, 6.07) is 15.9. The molecule has 150 valence electrons. The normalized spacial score (nSPS) is 11.4. The lowest BCUT2D eigenvalue weighted by atomic mass is 9.89. The number of nitrogens with zero attached hydrogens (tertiary/aromatic N) is 1. The number of rotatable bonds is 8. The quantitative estimate of drug-likeness (QED) is 0.701. The van der Waals surface area contributed by atoms with Crippen molar-refractivity contribution in [1.29, 1.82) is 0 Å². The predicted molar refractivity (Wildman–Crippen MR) is 109 cm³/mol. The highest BCUT2D eigenvalue weighted by Gasteiger charge is 2.39. The van der Waals surface area contributed by atoms with Crippen LogP contribution in [0.1, 0.15) is 38.8 Å². The van der Waals surface area contributed by atoms with Crippen LogP contribution in [0.4, 0.5) is 4.39 Å². The Hall–Kier alpha value is -2.69. The van der Waals surface area contributed by atoms with Gasteiger partial charge in [-0.05, 0) is 57.4 Å². The molecule has 2 aromatic carbocycles. The van der Waals surface area contributed by atoms with Gasteiger partial charge < -0.3 is 10.2 Å². The second-order valence-electron chi connectivity index (χ2n) is 7.77. The molecule has 0 saturated carbocycles. The largest absolute Gasteiger partial charge is 0.355 e. The molecule has 0 aromatic heterocycles. The number of nitrogens with one attached hydrogen (secondary N) is 1. The van der Waals surface area contributed by atoms with Crippen LogP contribution in [0.25, 0.3) is 0 Å². The summed E-state index contributed by atoms with van der Waals surface area (Å²) in [5, 5.41) is 2.84. The molecule has 0 bridgehead atoms. The van der Waals surface area contributed by atoms with Crippen LogP contribution in [0.15, 0.2) is 54.6 Å². The molecule has 28 heavy (non-hydrogen) atoms. The molecule has 4 nitrogen and oxygen atoms in total. The van der Waals surface area contributed by atoms with Crippen LogP contribution in [0, 0.1) is 11.2 Å². The van der Waals surface area contributed by atoms with Crippen molar-refractivity contribution >= 4 is 11.8 Å². The van der Waals surface area contributed by atoms with E-state index in [0.717, 1.165) is 11.1 Å². The Morgan fingerprint density at radius 3 is 2.18 bits per heavy atom. The van der Waals surface area contributed by atoms with Crippen LogP contribution in [-0.4, -0.2) is 29.3 Å². The summed E-state index contributed by atoms with van der Waals surface area (Å²) in [5.41, 5.74) is 0.776. The van der Waals surface area contributed by atoms with Gasteiger partial charge in [-0.3, -0.25) is 9.59 Å². The zero-order valence-electron chi connectivity index (χ0n) is 17.0. The molecule has 2 aromatic rings. The monoisotopic (exact) mass is 384 g/mol. The Morgan fingerprint density at radius 2 is 1.61 bits per heavy atom. The average Bonchev–Trinajstić information content (AvgIpc) is 2.67. The van der Waals surface area contributed by atoms with Crippen molar-refractivity contribution in [1.82, 2.24) is 10.2 Å². The highest BCUT2D eigenvalue weighted by Crippen LogP contribution is 2.23. The minimum atomic E-state index is -1.18. The van der Waals surface area contributed by atoms with Crippen molar-refractivity contribution < 1.29 is 14.0 Å². The number of hydrogen-bond donors (Lipinski definition) is 1. The van der Waals surface area contributed by atoms with E-state index in [2.05, 4.69) is 5.32 Å². The van der Waals surface area contributed by atoms with E-state index in [9.17, 15) is 14.0 Å². The maximum Gasteiger partial charge on any atom is 0.238 e. The molecular formula is C23H29FN2O2. The van der Waals surface area contributed by atoms with Gasteiger partial charge in [-0.2, -0.15) is 0 Å².